The van der Waals surface area contributed by atoms with Gasteiger partial charge in [-0.2, -0.15) is 16.8 Å². The van der Waals surface area contributed by atoms with Crippen LogP contribution in [0.25, 0.3) is 11.0 Å². The number of aromatic nitrogens is 2. The van der Waals surface area contributed by atoms with Gasteiger partial charge in [-0.15, -0.1) is 0 Å². The Morgan fingerprint density at radius 3 is 2.57 bits per heavy atom. The van der Waals surface area contributed by atoms with Crippen molar-refractivity contribution in [3.05, 3.63) is 62.8 Å². The molecule has 11 heteroatoms. The van der Waals surface area contributed by atoms with Crippen LogP contribution in [0.15, 0.2) is 47.5 Å². The number of esters is 1. The number of hydrogen-bond acceptors (Lipinski definition) is 5. The molecule has 1 heterocycles. The summed E-state index contributed by atoms with van der Waals surface area (Å²) in [4.78, 5) is 28.7. The van der Waals surface area contributed by atoms with Crippen molar-refractivity contribution in [2.45, 2.75) is 52.1 Å². The van der Waals surface area contributed by atoms with Crippen LogP contribution in [-0.4, -0.2) is 45.2 Å². The second kappa shape index (κ2) is 14.1. The van der Waals surface area contributed by atoms with Gasteiger partial charge in [0.25, 0.3) is 12.3 Å². The first kappa shape index (κ1) is 29.3. The first-order valence-corrected chi connectivity index (χ1v) is 14.0. The van der Waals surface area contributed by atoms with Crippen molar-refractivity contribution < 1.29 is 27.8 Å². The zero-order chi connectivity index (χ0) is 26.9. The van der Waals surface area contributed by atoms with Crippen molar-refractivity contribution in [1.29, 1.82) is 0 Å². The summed E-state index contributed by atoms with van der Waals surface area (Å²) in [7, 11) is 0. The number of thioether (sulfide) groups is 1. The second-order valence-corrected chi connectivity index (χ2v) is 11.4. The highest BCUT2D eigenvalue weighted by molar-refractivity contribution is 14.1. The molecule has 2 aromatic carbocycles. The van der Waals surface area contributed by atoms with Crippen LogP contribution in [0.4, 0.5) is 8.78 Å². The topological polar surface area (TPSA) is 74.8 Å². The normalized spacial score (nSPS) is 12.2. The summed E-state index contributed by atoms with van der Waals surface area (Å²) < 4.78 is 42.2. The maximum absolute atomic E-state index is 13.2. The predicted octanol–water partition coefficient (Wildman–Crippen LogP) is 5.80. The van der Waals surface area contributed by atoms with E-state index >= 15 is 0 Å². The van der Waals surface area contributed by atoms with E-state index in [0.29, 0.717) is 30.4 Å². The van der Waals surface area contributed by atoms with Crippen LogP contribution in [0.1, 0.15) is 49.5 Å². The summed E-state index contributed by atoms with van der Waals surface area (Å²) in [5.74, 6) is -0.179. The minimum atomic E-state index is -2.69. The molecule has 0 unspecified atom stereocenters. The van der Waals surface area contributed by atoms with Crippen molar-refractivity contribution in [2.75, 3.05) is 19.0 Å². The average Bonchev–Trinajstić information content (AvgIpc) is 3.12. The Kier molecular flexibility index (Phi) is 11.1. The van der Waals surface area contributed by atoms with Gasteiger partial charge < -0.3 is 14.0 Å². The standard InChI is InChI=1S/C26H30F2IN3O4S/c1-17(2)37-13-12-35-16-32-23-15-21(29)8-9-22(23)31(10-5-11-36-18(3)33)26(32)30-25(34)20-7-4-6-19(14-20)24(27)28/h4,6-9,14-15,17,24H,5,10-13,16H2,1-3H3/b30-26-. The molecule has 3 aromatic rings. The maximum atomic E-state index is 13.2. The van der Waals surface area contributed by atoms with Crippen molar-refractivity contribution in [3.8, 4) is 0 Å². The monoisotopic (exact) mass is 645 g/mol. The number of alkyl halides is 2. The molecule has 0 radical (unpaired) electrons. The molecule has 1 aromatic heterocycles. The Morgan fingerprint density at radius 2 is 1.86 bits per heavy atom. The highest BCUT2D eigenvalue weighted by atomic mass is 127. The summed E-state index contributed by atoms with van der Waals surface area (Å²) >= 11 is 4.01. The lowest BCUT2D eigenvalue weighted by atomic mass is 10.1. The van der Waals surface area contributed by atoms with Gasteiger partial charge in [0.1, 0.15) is 6.73 Å². The molecule has 0 aliphatic carbocycles. The molecule has 0 aliphatic rings. The molecule has 0 atom stereocenters. The van der Waals surface area contributed by atoms with E-state index in [1.807, 2.05) is 27.3 Å². The fourth-order valence-corrected chi connectivity index (χ4v) is 4.83. The molecule has 0 fully saturated rings. The minimum absolute atomic E-state index is 0.0740. The minimum Gasteiger partial charge on any atom is -0.466 e. The highest BCUT2D eigenvalue weighted by Gasteiger charge is 2.16. The number of benzene rings is 2. The number of imidazole rings is 1. The Labute approximate surface area is 232 Å². The lowest BCUT2D eigenvalue weighted by molar-refractivity contribution is -0.141. The van der Waals surface area contributed by atoms with E-state index in [4.69, 9.17) is 9.47 Å². The highest BCUT2D eigenvalue weighted by Crippen LogP contribution is 2.21. The van der Waals surface area contributed by atoms with E-state index in [9.17, 15) is 18.4 Å². The van der Waals surface area contributed by atoms with E-state index in [1.165, 1.54) is 25.1 Å². The van der Waals surface area contributed by atoms with Gasteiger partial charge >= 0.3 is 5.97 Å². The molecule has 0 bridgehead atoms. The van der Waals surface area contributed by atoms with Gasteiger partial charge in [0, 0.05) is 33.9 Å². The number of rotatable bonds is 12. The van der Waals surface area contributed by atoms with Crippen LogP contribution in [0.5, 0.6) is 0 Å². The van der Waals surface area contributed by atoms with Crippen molar-refractivity contribution >= 4 is 57.3 Å². The van der Waals surface area contributed by atoms with Gasteiger partial charge in [0.2, 0.25) is 5.62 Å². The molecule has 0 saturated carbocycles. The molecule has 0 saturated heterocycles. The van der Waals surface area contributed by atoms with Crippen LogP contribution < -0.4 is 5.62 Å². The van der Waals surface area contributed by atoms with Gasteiger partial charge in [-0.3, -0.25) is 14.2 Å². The molecule has 3 rings (SSSR count). The van der Waals surface area contributed by atoms with Crippen LogP contribution >= 0.6 is 34.4 Å². The van der Waals surface area contributed by atoms with E-state index in [2.05, 4.69) is 41.4 Å². The molecular formula is C26H30F2IN3O4S. The number of carbonyl (C=O) groups excluding carboxylic acids is 2. The number of fused-ring (bicyclic) bond motifs is 1. The van der Waals surface area contributed by atoms with Crippen LogP contribution in [0.3, 0.4) is 0 Å². The van der Waals surface area contributed by atoms with E-state index in [1.54, 1.807) is 11.8 Å². The SMILES string of the molecule is CC(=O)OCCCn1/c(=N/C(=O)c2cccc(C(F)F)c2)n(COCCSC(C)C)c2cc(I)ccc21. The van der Waals surface area contributed by atoms with Gasteiger partial charge in [-0.1, -0.05) is 26.0 Å². The first-order valence-electron chi connectivity index (χ1n) is 11.9. The largest absolute Gasteiger partial charge is 0.466 e. The third-order valence-corrected chi connectivity index (χ3v) is 7.06. The van der Waals surface area contributed by atoms with Gasteiger partial charge in [0.15, 0.2) is 0 Å². The quantitative estimate of drug-likeness (QED) is 0.142. The number of aryl methyl sites for hydroxylation is 1. The molecule has 200 valence electrons. The van der Waals surface area contributed by atoms with Crippen LogP contribution in [0.2, 0.25) is 0 Å². The number of amides is 1. The van der Waals surface area contributed by atoms with Gasteiger partial charge in [0.05, 0.1) is 24.2 Å². The lowest BCUT2D eigenvalue weighted by Gasteiger charge is -2.09. The van der Waals surface area contributed by atoms with Crippen LogP contribution in [-0.2, 0) is 27.5 Å². The van der Waals surface area contributed by atoms with E-state index in [-0.39, 0.29) is 30.4 Å². The summed E-state index contributed by atoms with van der Waals surface area (Å²) in [6, 6.07) is 11.2. The molecule has 37 heavy (non-hydrogen) atoms. The third kappa shape index (κ3) is 8.37. The summed E-state index contributed by atoms with van der Waals surface area (Å²) in [5.41, 5.74) is 1.82. The molecular weight excluding hydrogens is 615 g/mol. The maximum Gasteiger partial charge on any atom is 0.302 e. The zero-order valence-electron chi connectivity index (χ0n) is 21.0. The summed E-state index contributed by atoms with van der Waals surface area (Å²) in [6.07, 6.45) is -2.19. The van der Waals surface area contributed by atoms with Gasteiger partial charge in [-0.05, 0) is 64.6 Å². The fourth-order valence-electron chi connectivity index (χ4n) is 3.67. The number of hydrogen-bond donors (Lipinski definition) is 0. The van der Waals surface area contributed by atoms with Crippen molar-refractivity contribution in [2.24, 2.45) is 4.99 Å². The van der Waals surface area contributed by atoms with Crippen LogP contribution in [0, 0.1) is 3.57 Å². The average molecular weight is 646 g/mol. The number of carbonyl (C=O) groups is 2. The number of ether oxygens (including phenoxy) is 2. The Bertz CT molecular complexity index is 1310. The third-order valence-electron chi connectivity index (χ3n) is 5.32. The number of halogens is 3. The molecule has 1 amide bonds. The van der Waals surface area contributed by atoms with Crippen molar-refractivity contribution in [3.63, 3.8) is 0 Å². The Morgan fingerprint density at radius 1 is 1.08 bits per heavy atom. The predicted molar refractivity (Wildman–Crippen MR) is 149 cm³/mol. The smallest absolute Gasteiger partial charge is 0.302 e. The lowest BCUT2D eigenvalue weighted by Crippen LogP contribution is -2.29. The molecule has 0 aliphatic heterocycles. The molecule has 0 N–H and O–H groups in total. The molecule has 0 spiro atoms. The molecule has 7 nitrogen and oxygen atoms in total. The summed E-state index contributed by atoms with van der Waals surface area (Å²) in [6.45, 7) is 6.91. The van der Waals surface area contributed by atoms with E-state index < -0.39 is 12.3 Å². The van der Waals surface area contributed by atoms with E-state index in [0.717, 1.165) is 26.4 Å². The van der Waals surface area contributed by atoms with Gasteiger partial charge in [-0.25, -0.2) is 8.78 Å². The fraction of sp³-hybridized carbons (Fsp3) is 0.423. The Hall–Kier alpha value is -2.25. The second-order valence-electron chi connectivity index (χ2n) is 8.51. The first-order chi connectivity index (χ1) is 17.7. The number of nitrogens with zero attached hydrogens (tertiary/aromatic N) is 3. The van der Waals surface area contributed by atoms with Crippen molar-refractivity contribution in [1.82, 2.24) is 9.13 Å². The Balaban J connectivity index is 2.05. The zero-order valence-corrected chi connectivity index (χ0v) is 23.9. The summed E-state index contributed by atoms with van der Waals surface area (Å²) in [5, 5.41) is 0.490.